The topological polar surface area (TPSA) is 132 Å². The van der Waals surface area contributed by atoms with E-state index in [4.69, 9.17) is 14.5 Å². The number of esters is 1. The lowest BCUT2D eigenvalue weighted by atomic mass is 9.98. The lowest BCUT2D eigenvalue weighted by Gasteiger charge is -2.28. The van der Waals surface area contributed by atoms with E-state index < -0.39 is 27.7 Å². The minimum atomic E-state index is -3.70. The number of hydrogen-bond acceptors (Lipinski definition) is 9. The monoisotopic (exact) mass is 717 g/mol. The Kier molecular flexibility index (Phi) is 10.5. The van der Waals surface area contributed by atoms with Crippen LogP contribution in [0.4, 0.5) is 10.5 Å². The number of pyridine rings is 1. The van der Waals surface area contributed by atoms with Crippen LogP contribution in [-0.4, -0.2) is 67.3 Å². The molecule has 0 radical (unpaired) electrons. The van der Waals surface area contributed by atoms with E-state index in [0.29, 0.717) is 40.8 Å². The third kappa shape index (κ3) is 9.01. The minimum absolute atomic E-state index is 0.121. The third-order valence-electron chi connectivity index (χ3n) is 8.60. The summed E-state index contributed by atoms with van der Waals surface area (Å²) in [6.45, 7) is 7.98. The average molecular weight is 718 g/mol. The molecule has 264 valence electrons. The number of hydrogen-bond donors (Lipinski definition) is 2. The van der Waals surface area contributed by atoms with E-state index in [0.717, 1.165) is 47.7 Å². The Morgan fingerprint density at radius 3 is 2.54 bits per heavy atom. The van der Waals surface area contributed by atoms with Gasteiger partial charge in [-0.15, -0.1) is 0 Å². The highest BCUT2D eigenvalue weighted by Crippen LogP contribution is 2.29. The molecule has 0 aliphatic carbocycles. The van der Waals surface area contributed by atoms with Crippen LogP contribution in [0.3, 0.4) is 0 Å². The van der Waals surface area contributed by atoms with Crippen molar-refractivity contribution in [2.75, 3.05) is 31.5 Å². The lowest BCUT2D eigenvalue weighted by Crippen LogP contribution is -2.32. The van der Waals surface area contributed by atoms with Crippen molar-refractivity contribution < 1.29 is 27.5 Å². The molecule has 13 heteroatoms. The van der Waals surface area contributed by atoms with Crippen molar-refractivity contribution in [1.82, 2.24) is 19.8 Å². The molecule has 0 unspecified atom stereocenters. The molecule has 1 amide bonds. The molecule has 4 heterocycles. The number of nitrogens with zero attached hydrogens (tertiary/aromatic N) is 3. The summed E-state index contributed by atoms with van der Waals surface area (Å²) in [5.74, 6) is -0.301. The van der Waals surface area contributed by atoms with Crippen LogP contribution < -0.4 is 10.0 Å². The molecule has 2 N–H and O–H groups in total. The number of likely N-dealkylation sites (tertiary alicyclic amines) is 1. The van der Waals surface area contributed by atoms with Crippen molar-refractivity contribution >= 4 is 60.9 Å². The second-order valence-electron chi connectivity index (χ2n) is 13.9. The number of anilines is 1. The van der Waals surface area contributed by atoms with Crippen LogP contribution in [0.1, 0.15) is 60.9 Å². The number of benzene rings is 2. The Morgan fingerprint density at radius 2 is 1.80 bits per heavy atom. The summed E-state index contributed by atoms with van der Waals surface area (Å²) in [5, 5.41) is 8.91. The normalized spacial score (nSPS) is 14.6. The van der Waals surface area contributed by atoms with Gasteiger partial charge in [0.05, 0.1) is 31.1 Å². The van der Waals surface area contributed by atoms with E-state index >= 15 is 0 Å². The Labute approximate surface area is 296 Å². The van der Waals surface area contributed by atoms with Crippen LogP contribution in [-0.2, 0) is 38.3 Å². The van der Waals surface area contributed by atoms with Crippen LogP contribution in [0.15, 0.2) is 71.4 Å². The van der Waals surface area contributed by atoms with Crippen LogP contribution in [0.2, 0.25) is 0 Å². The van der Waals surface area contributed by atoms with E-state index in [2.05, 4.69) is 22.0 Å². The highest BCUT2D eigenvalue weighted by molar-refractivity contribution is 7.91. The van der Waals surface area contributed by atoms with Crippen LogP contribution in [0, 0.1) is 5.92 Å². The standard InChI is InChI=1S/C37H43N5O6S2/c1-37(2,3)48-36(44)38-20-30-10-9-28-19-33(35(43)47-22-25-11-14-41(4)15-12-25)42(34(28)39-30)21-29-18-31(17-27-7-5-6-8-32(27)29)40-50(45,46)24-26-13-16-49-23-26/h5-10,13,16-19,23,25,40H,11-12,14-15,20-22,24H2,1-4H3,(H,38,44). The van der Waals surface area contributed by atoms with E-state index in [1.165, 1.54) is 11.3 Å². The Morgan fingerprint density at radius 1 is 1.02 bits per heavy atom. The molecule has 5 aromatic rings. The van der Waals surface area contributed by atoms with Crippen molar-refractivity contribution in [3.8, 4) is 0 Å². The number of alkyl carbamates (subject to hydrolysis) is 1. The van der Waals surface area contributed by atoms with E-state index in [1.807, 2.05) is 51.7 Å². The van der Waals surface area contributed by atoms with E-state index in [9.17, 15) is 18.0 Å². The lowest BCUT2D eigenvalue weighted by molar-refractivity contribution is 0.0372. The predicted molar refractivity (Wildman–Crippen MR) is 197 cm³/mol. The smallest absolute Gasteiger partial charge is 0.407 e. The van der Waals surface area contributed by atoms with Gasteiger partial charge in [-0.05, 0) is 129 Å². The number of piperidine rings is 1. The summed E-state index contributed by atoms with van der Waals surface area (Å²) in [6.07, 6.45) is 1.37. The predicted octanol–water partition coefficient (Wildman–Crippen LogP) is 6.76. The van der Waals surface area contributed by atoms with Gasteiger partial charge in [0, 0.05) is 11.1 Å². The van der Waals surface area contributed by atoms with Crippen molar-refractivity contribution in [2.24, 2.45) is 5.92 Å². The molecule has 0 bridgehead atoms. The van der Waals surface area contributed by atoms with Gasteiger partial charge in [-0.2, -0.15) is 11.3 Å². The molecule has 1 aliphatic rings. The molecule has 3 aromatic heterocycles. The molecular weight excluding hydrogens is 675 g/mol. The molecule has 50 heavy (non-hydrogen) atoms. The number of nitrogens with one attached hydrogen (secondary N) is 2. The molecule has 0 atom stereocenters. The van der Waals surface area contributed by atoms with Gasteiger partial charge in [0.2, 0.25) is 10.0 Å². The van der Waals surface area contributed by atoms with Crippen molar-refractivity contribution in [2.45, 2.75) is 58.1 Å². The summed E-state index contributed by atoms with van der Waals surface area (Å²) >= 11 is 1.45. The fourth-order valence-electron chi connectivity index (χ4n) is 6.13. The summed E-state index contributed by atoms with van der Waals surface area (Å²) < 4.78 is 42.2. The maximum Gasteiger partial charge on any atom is 0.407 e. The first-order chi connectivity index (χ1) is 23.8. The molecule has 1 saturated heterocycles. The quantitative estimate of drug-likeness (QED) is 0.143. The van der Waals surface area contributed by atoms with Gasteiger partial charge >= 0.3 is 12.1 Å². The van der Waals surface area contributed by atoms with E-state index in [-0.39, 0.29) is 18.8 Å². The zero-order chi connectivity index (χ0) is 35.5. The number of ether oxygens (including phenoxy) is 2. The summed E-state index contributed by atoms with van der Waals surface area (Å²) in [5.41, 5.74) is 2.73. The fraction of sp³-hybridized carbons (Fsp3) is 0.378. The number of thiophene rings is 1. The summed E-state index contributed by atoms with van der Waals surface area (Å²) in [4.78, 5) is 33.3. The SMILES string of the molecule is CN1CCC(COC(=O)c2cc3ccc(CNC(=O)OC(C)(C)C)nc3n2Cc2cc(NS(=O)(=O)Cc3ccsc3)cc3ccccc23)CC1. The summed E-state index contributed by atoms with van der Waals surface area (Å²) in [6, 6.07) is 18.6. The van der Waals surface area contributed by atoms with Crippen LogP contribution in [0.5, 0.6) is 0 Å². The van der Waals surface area contributed by atoms with Gasteiger partial charge in [0.25, 0.3) is 0 Å². The molecule has 1 fully saturated rings. The minimum Gasteiger partial charge on any atom is -0.461 e. The first-order valence-corrected chi connectivity index (χ1v) is 19.3. The second-order valence-corrected chi connectivity index (χ2v) is 16.4. The molecule has 0 spiro atoms. The number of rotatable bonds is 11. The van der Waals surface area contributed by atoms with Crippen molar-refractivity contribution in [1.29, 1.82) is 0 Å². The number of amides is 1. The molecule has 11 nitrogen and oxygen atoms in total. The van der Waals surface area contributed by atoms with Gasteiger partial charge in [0.1, 0.15) is 16.9 Å². The number of fused-ring (bicyclic) bond motifs is 2. The highest BCUT2D eigenvalue weighted by atomic mass is 32.2. The van der Waals surface area contributed by atoms with Crippen LogP contribution in [0.25, 0.3) is 21.8 Å². The van der Waals surface area contributed by atoms with E-state index in [1.54, 1.807) is 45.0 Å². The Hall–Kier alpha value is -4.46. The molecule has 2 aromatic carbocycles. The Bertz CT molecular complexity index is 2100. The van der Waals surface area contributed by atoms with Crippen molar-refractivity contribution in [3.05, 3.63) is 93.9 Å². The zero-order valence-corrected chi connectivity index (χ0v) is 30.4. The number of carbonyl (C=O) groups is 2. The molecule has 6 rings (SSSR count). The molecule has 1 aliphatic heterocycles. The first-order valence-electron chi connectivity index (χ1n) is 16.7. The zero-order valence-electron chi connectivity index (χ0n) is 28.8. The first kappa shape index (κ1) is 35.4. The average Bonchev–Trinajstić information content (AvgIpc) is 3.69. The number of sulfonamides is 1. The maximum absolute atomic E-state index is 13.8. The summed E-state index contributed by atoms with van der Waals surface area (Å²) in [7, 11) is -1.60. The Balaban J connectivity index is 1.34. The van der Waals surface area contributed by atoms with Crippen LogP contribution >= 0.6 is 11.3 Å². The third-order valence-corrected chi connectivity index (χ3v) is 10.6. The van der Waals surface area contributed by atoms with Gasteiger partial charge in [-0.3, -0.25) is 4.72 Å². The molecule has 0 saturated carbocycles. The largest absolute Gasteiger partial charge is 0.461 e. The van der Waals surface area contributed by atoms with Gasteiger partial charge < -0.3 is 24.3 Å². The van der Waals surface area contributed by atoms with Gasteiger partial charge in [0.15, 0.2) is 0 Å². The second kappa shape index (κ2) is 14.8. The maximum atomic E-state index is 13.8. The van der Waals surface area contributed by atoms with Gasteiger partial charge in [-0.1, -0.05) is 24.3 Å². The fourth-order valence-corrected chi connectivity index (χ4v) is 8.07. The van der Waals surface area contributed by atoms with Crippen molar-refractivity contribution in [3.63, 3.8) is 0 Å². The number of carbonyl (C=O) groups excluding carboxylic acids is 2. The highest BCUT2D eigenvalue weighted by Gasteiger charge is 2.24. The van der Waals surface area contributed by atoms with Gasteiger partial charge in [-0.25, -0.2) is 23.0 Å². The number of aromatic nitrogens is 2. The molecular formula is C37H43N5O6S2.